The minimum absolute atomic E-state index is 0.181. The maximum absolute atomic E-state index is 10.3. The van der Waals surface area contributed by atoms with Crippen LogP contribution in [0.5, 0.6) is 0 Å². The van der Waals surface area contributed by atoms with E-state index in [0.29, 0.717) is 16.9 Å². The molecule has 0 spiro atoms. The van der Waals surface area contributed by atoms with Crippen LogP contribution < -0.4 is 0 Å². The number of rotatable bonds is 5. The first kappa shape index (κ1) is 20.7. The highest BCUT2D eigenvalue weighted by atomic mass is 15.1. The lowest BCUT2D eigenvalue weighted by Gasteiger charge is -2.21. The normalized spacial score (nSPS) is 15.3. The second-order valence-corrected chi connectivity index (χ2v) is 13.3. The summed E-state index contributed by atoms with van der Waals surface area (Å²) in [6, 6.07) is 15.4. The molecule has 0 atom stereocenters. The van der Waals surface area contributed by atoms with Crippen molar-refractivity contribution in [2.24, 2.45) is 0 Å². The van der Waals surface area contributed by atoms with Crippen LogP contribution in [0.15, 0.2) is 188 Å². The summed E-state index contributed by atoms with van der Waals surface area (Å²) < 4.78 is 131. The summed E-state index contributed by atoms with van der Waals surface area (Å²) in [4.78, 5) is 18.8. The van der Waals surface area contributed by atoms with E-state index in [1.807, 2.05) is 75.9 Å². The molecule has 12 aromatic rings. The van der Waals surface area contributed by atoms with Crippen molar-refractivity contribution < 1.29 is 19.2 Å². The topological polar surface area (TPSA) is 66.3 Å². The van der Waals surface area contributed by atoms with Crippen molar-refractivity contribution >= 4 is 65.4 Å². The molecule has 12 rings (SSSR count). The van der Waals surface area contributed by atoms with Crippen molar-refractivity contribution in [3.05, 3.63) is 188 Å². The Balaban J connectivity index is 1.33. The predicted molar refractivity (Wildman–Crippen MR) is 232 cm³/mol. The Bertz CT molecular complexity index is 4160. The van der Waals surface area contributed by atoms with E-state index < -0.39 is 102 Å². The third-order valence-corrected chi connectivity index (χ3v) is 10.3. The zero-order valence-corrected chi connectivity index (χ0v) is 29.4. The lowest BCUT2D eigenvalue weighted by molar-refractivity contribution is 1.04. The Labute approximate surface area is 346 Å². The lowest BCUT2D eigenvalue weighted by atomic mass is 10.1. The molecule has 0 radical (unpaired) electrons. The molecule has 0 aliphatic heterocycles. The summed E-state index contributed by atoms with van der Waals surface area (Å²) in [6.45, 7) is 0. The van der Waals surface area contributed by atoms with Crippen molar-refractivity contribution in [2.45, 2.75) is 0 Å². The monoisotopic (exact) mass is 743 g/mol. The second kappa shape index (κ2) is 12.3. The molecule has 0 fully saturated rings. The van der Waals surface area contributed by atoms with Gasteiger partial charge < -0.3 is 9.13 Å². The van der Waals surface area contributed by atoms with Crippen molar-refractivity contribution in [3.8, 4) is 39.8 Å². The number of para-hydroxylation sites is 5. The van der Waals surface area contributed by atoms with Crippen LogP contribution in [-0.4, -0.2) is 33.6 Å². The summed E-state index contributed by atoms with van der Waals surface area (Å²) in [6.07, 6.45) is 6.86. The SMILES string of the molecule is [2H]c1c(-c2cccc(-n3c4ccccc4c4ccncc43)c2-n2c3ccccc3c3ccncc32)nc(-c2c([2H])c([2H])c([2H])c([2H])c2[2H])nc1-n1c2c([2H])c([2H])c([2H])c([2H])c2c2c([2H])c([2H])c([2H])c([2H])c21. The minimum atomic E-state index is -0.705. The molecule has 0 saturated heterocycles. The molecule has 6 aromatic carbocycles. The van der Waals surface area contributed by atoms with Gasteiger partial charge in [0.1, 0.15) is 5.82 Å². The molecular formula is C50H31N7. The van der Waals surface area contributed by atoms with Crippen LogP contribution in [-0.2, 0) is 0 Å². The molecule has 0 bridgehead atoms. The van der Waals surface area contributed by atoms with E-state index in [2.05, 4.69) is 9.97 Å². The molecular weight excluding hydrogens is 699 g/mol. The van der Waals surface area contributed by atoms with Crippen LogP contribution in [0.1, 0.15) is 19.2 Å². The molecule has 0 aliphatic rings. The van der Waals surface area contributed by atoms with Crippen molar-refractivity contribution in [2.75, 3.05) is 0 Å². The Morgan fingerprint density at radius 2 is 1.02 bits per heavy atom. The lowest BCUT2D eigenvalue weighted by Crippen LogP contribution is -2.08. The second-order valence-electron chi connectivity index (χ2n) is 13.3. The number of pyridine rings is 2. The summed E-state index contributed by atoms with van der Waals surface area (Å²) >= 11 is 0. The van der Waals surface area contributed by atoms with Gasteiger partial charge in [-0.25, -0.2) is 9.97 Å². The highest BCUT2D eigenvalue weighted by molar-refractivity contribution is 6.12. The minimum Gasteiger partial charge on any atom is -0.306 e. The van der Waals surface area contributed by atoms with Crippen molar-refractivity contribution in [3.63, 3.8) is 0 Å². The average Bonchev–Trinajstić information content (AvgIpc) is 4.04. The maximum atomic E-state index is 10.3. The fourth-order valence-corrected chi connectivity index (χ4v) is 8.01. The molecule has 57 heavy (non-hydrogen) atoms. The summed E-state index contributed by atoms with van der Waals surface area (Å²) in [5, 5.41) is 2.95. The van der Waals surface area contributed by atoms with Gasteiger partial charge in [0.25, 0.3) is 0 Å². The van der Waals surface area contributed by atoms with Gasteiger partial charge in [-0.3, -0.25) is 14.5 Å². The molecule has 7 heteroatoms. The predicted octanol–water partition coefficient (Wildman–Crippen LogP) is 11.9. The first-order valence-electron chi connectivity index (χ1n) is 24.9. The third kappa shape index (κ3) is 4.66. The van der Waals surface area contributed by atoms with Crippen LogP contribution >= 0.6 is 0 Å². The summed E-state index contributed by atoms with van der Waals surface area (Å²) in [5.74, 6) is -0.964. The smallest absolute Gasteiger partial charge is 0.162 e. The average molecular weight is 744 g/mol. The molecule has 7 nitrogen and oxygen atoms in total. The quantitative estimate of drug-likeness (QED) is 0.176. The number of hydrogen-bond donors (Lipinski definition) is 0. The van der Waals surface area contributed by atoms with Gasteiger partial charge in [0.2, 0.25) is 0 Å². The largest absolute Gasteiger partial charge is 0.306 e. The number of hydrogen-bond acceptors (Lipinski definition) is 4. The van der Waals surface area contributed by atoms with E-state index in [1.165, 1.54) is 0 Å². The zero-order valence-electron chi connectivity index (χ0n) is 43.4. The van der Waals surface area contributed by atoms with Crippen LogP contribution in [0.4, 0.5) is 0 Å². The fraction of sp³-hybridized carbons (Fsp3) is 0. The van der Waals surface area contributed by atoms with E-state index in [0.717, 1.165) is 42.7 Å². The van der Waals surface area contributed by atoms with E-state index in [4.69, 9.17) is 25.0 Å². The van der Waals surface area contributed by atoms with Crippen LogP contribution in [0.25, 0.3) is 105 Å². The summed E-state index contributed by atoms with van der Waals surface area (Å²) in [7, 11) is 0. The van der Waals surface area contributed by atoms with Gasteiger partial charge in [-0.05, 0) is 42.4 Å². The molecule has 6 heterocycles. The van der Waals surface area contributed by atoms with Crippen LogP contribution in [0, 0.1) is 0 Å². The Hall–Kier alpha value is -7.90. The van der Waals surface area contributed by atoms with Crippen molar-refractivity contribution in [1.82, 2.24) is 33.6 Å². The van der Waals surface area contributed by atoms with E-state index in [-0.39, 0.29) is 33.1 Å². The van der Waals surface area contributed by atoms with Gasteiger partial charge in [-0.2, -0.15) is 0 Å². The number of benzene rings is 6. The third-order valence-electron chi connectivity index (χ3n) is 10.3. The van der Waals surface area contributed by atoms with Crippen LogP contribution in [0.2, 0.25) is 0 Å². The van der Waals surface area contributed by atoms with E-state index in [1.54, 1.807) is 36.9 Å². The molecule has 6 aromatic heterocycles. The first-order valence-corrected chi connectivity index (χ1v) is 17.9. The zero-order chi connectivity index (χ0) is 49.6. The van der Waals surface area contributed by atoms with Crippen molar-refractivity contribution in [1.29, 1.82) is 0 Å². The fourth-order valence-electron chi connectivity index (χ4n) is 8.01. The van der Waals surface area contributed by atoms with Gasteiger partial charge in [0.05, 0.1) is 81.8 Å². The number of nitrogens with zero attached hydrogens (tertiary/aromatic N) is 7. The van der Waals surface area contributed by atoms with Gasteiger partial charge in [-0.15, -0.1) is 0 Å². The molecule has 0 unspecified atom stereocenters. The van der Waals surface area contributed by atoms with Gasteiger partial charge in [-0.1, -0.05) is 115 Å². The van der Waals surface area contributed by atoms with Gasteiger partial charge in [0, 0.05) is 61.9 Å². The number of aromatic nitrogens is 7. The number of fused-ring (bicyclic) bond motifs is 9. The molecule has 0 saturated carbocycles. The molecule has 0 amide bonds. The Morgan fingerprint density at radius 3 is 1.70 bits per heavy atom. The van der Waals surface area contributed by atoms with Gasteiger partial charge >= 0.3 is 0 Å². The highest BCUT2D eigenvalue weighted by Crippen LogP contribution is 2.42. The molecule has 266 valence electrons. The Morgan fingerprint density at radius 1 is 0.439 bits per heavy atom. The Kier molecular flexibility index (Phi) is 4.47. The first-order chi connectivity index (χ1) is 34.1. The highest BCUT2D eigenvalue weighted by Gasteiger charge is 2.24. The molecule has 0 aliphatic carbocycles. The van der Waals surface area contributed by atoms with E-state index in [9.17, 15) is 4.11 Å². The van der Waals surface area contributed by atoms with Crippen LogP contribution in [0.3, 0.4) is 0 Å². The van der Waals surface area contributed by atoms with E-state index >= 15 is 0 Å². The summed E-state index contributed by atoms with van der Waals surface area (Å²) in [5.41, 5.74) is 2.83. The van der Waals surface area contributed by atoms with Gasteiger partial charge in [0.15, 0.2) is 5.82 Å². The standard InChI is InChI=1S/C50H31N7/c1-2-13-32(14-3-1)50-53-40(29-48(54-50)56-42-21-9-5-15-33(42)34-16-6-10-22-43(34)56)39-19-12-24-45(55-41-20-8-4-17-35(41)37-25-27-51-30-46(37)55)49(39)57-44-23-11-7-18-36(44)38-26-28-52-31-47(38)57/h1-31H/i1D,2D,3D,5D,6D,9D,10D,13D,14D,15D,16D,21D,22D,29D. The maximum Gasteiger partial charge on any atom is 0.162 e. The molecule has 0 N–H and O–H groups in total.